The van der Waals surface area contributed by atoms with Gasteiger partial charge in [-0.3, -0.25) is 9.11 Å². The lowest BCUT2D eigenvalue weighted by Crippen LogP contribution is -2.59. The molecule has 0 bridgehead atoms. The van der Waals surface area contributed by atoms with E-state index in [9.17, 15) is 107 Å². The zero-order chi connectivity index (χ0) is 60.2. The third kappa shape index (κ3) is 16.4. The summed E-state index contributed by atoms with van der Waals surface area (Å²) in [7, 11) is -10.4. The minimum Gasteiger partial charge on any atom is -0.488 e. The number of carboxylic acids is 2. The number of hydrogen-bond donors (Lipinski definition) is 16. The highest BCUT2D eigenvalue weighted by Gasteiger charge is 2.52. The summed E-state index contributed by atoms with van der Waals surface area (Å²) in [6.07, 6.45) is -36.2. The average molecular weight is 1220 g/mol. The van der Waals surface area contributed by atoms with E-state index < -0.39 is 268 Å². The van der Waals surface area contributed by atoms with Crippen LogP contribution in [0, 0.1) is 23.7 Å². The molecule has 6 aliphatic heterocycles. The molecule has 81 heavy (non-hydrogen) atoms. The molecule has 0 aromatic heterocycles. The average Bonchev–Trinajstić information content (AvgIpc) is 3.42. The number of carboxylic acid groups (broad SMARTS) is 2. The van der Waals surface area contributed by atoms with Gasteiger partial charge in [0.2, 0.25) is 24.1 Å². The molecule has 468 valence electrons. The summed E-state index contributed by atoms with van der Waals surface area (Å²) in [6.45, 7) is -1.89. The van der Waals surface area contributed by atoms with E-state index in [4.69, 9.17) is 52.1 Å². The van der Waals surface area contributed by atoms with E-state index in [1.807, 2.05) is 0 Å². The highest BCUT2D eigenvalue weighted by molar-refractivity contribution is 7.81. The zero-order valence-electron chi connectivity index (χ0n) is 43.2. The number of rotatable bonds is 25. The van der Waals surface area contributed by atoms with Crippen molar-refractivity contribution in [2.24, 2.45) is 23.7 Å². The third-order valence-electron chi connectivity index (χ3n) is 14.7. The summed E-state index contributed by atoms with van der Waals surface area (Å²) in [6, 6.07) is 0. The molecule has 0 saturated carbocycles. The van der Waals surface area contributed by atoms with E-state index >= 15 is 0 Å². The SMILES string of the molecule is CC1OC(CO)[C@H](O)C(COC[C@@H]2OC(C)[C@H](O)C(OS(=O)(=O)O)C2O)C1CO[C@@H]1OC(C(=O)O)=C(OC[C@@H]2OC(CO)[C@H](O)C(COC[C@@H]3OC(C)[C@H](O)C(OS(=O)(=O)O)C3O)C2CO[C@@H]2OC(C(=O)O)=CC(O)C2O)C(O)C1O. The van der Waals surface area contributed by atoms with Gasteiger partial charge in [0.15, 0.2) is 5.76 Å². The summed E-state index contributed by atoms with van der Waals surface area (Å²) in [5, 5.41) is 149. The van der Waals surface area contributed by atoms with Gasteiger partial charge < -0.3 is 124 Å². The van der Waals surface area contributed by atoms with Crippen molar-refractivity contribution in [3.8, 4) is 0 Å². The third-order valence-corrected chi connectivity index (χ3v) is 15.6. The summed E-state index contributed by atoms with van der Waals surface area (Å²) < 4.78 is 136. The van der Waals surface area contributed by atoms with Crippen LogP contribution in [0.3, 0.4) is 0 Å². The Kier molecular flexibility index (Phi) is 23.4. The van der Waals surface area contributed by atoms with Gasteiger partial charge in [0.1, 0.15) is 92.1 Å². The molecule has 0 aromatic carbocycles. The number of hydrogen-bond acceptors (Lipinski definition) is 31. The second-order valence-corrected chi connectivity index (χ2v) is 22.2. The van der Waals surface area contributed by atoms with Gasteiger partial charge in [-0.15, -0.1) is 0 Å². The first-order chi connectivity index (χ1) is 37.9. The molecule has 37 heteroatoms. The summed E-state index contributed by atoms with van der Waals surface area (Å²) >= 11 is 0. The maximum absolute atomic E-state index is 12.8. The molecular formula is C44H70O35S2. The van der Waals surface area contributed by atoms with Crippen molar-refractivity contribution in [1.29, 1.82) is 0 Å². The summed E-state index contributed by atoms with van der Waals surface area (Å²) in [4.78, 5) is 24.5. The first kappa shape index (κ1) is 66.9. The lowest BCUT2D eigenvalue weighted by Gasteiger charge is -2.46. The molecule has 4 saturated heterocycles. The highest BCUT2D eigenvalue weighted by Crippen LogP contribution is 2.38. The van der Waals surface area contributed by atoms with Crippen LogP contribution >= 0.6 is 0 Å². The normalized spacial score (nSPS) is 42.6. The molecule has 16 N–H and O–H groups in total. The number of aliphatic hydroxyl groups excluding tert-OH is 12. The van der Waals surface area contributed by atoms with Crippen molar-refractivity contribution in [1.82, 2.24) is 0 Å². The van der Waals surface area contributed by atoms with E-state index in [1.165, 1.54) is 20.8 Å². The van der Waals surface area contributed by atoms with Crippen LogP contribution < -0.4 is 0 Å². The number of ether oxygens (including phenoxy) is 11. The fourth-order valence-electron chi connectivity index (χ4n) is 10.2. The lowest BCUT2D eigenvalue weighted by molar-refractivity contribution is -0.257. The van der Waals surface area contributed by atoms with Crippen LogP contribution in [0.4, 0.5) is 0 Å². The van der Waals surface area contributed by atoms with Crippen molar-refractivity contribution < 1.29 is 167 Å². The van der Waals surface area contributed by atoms with E-state index in [0.29, 0.717) is 6.08 Å². The molecule has 6 rings (SSSR count). The fourth-order valence-corrected chi connectivity index (χ4v) is 11.2. The zero-order valence-corrected chi connectivity index (χ0v) is 44.8. The molecule has 17 unspecified atom stereocenters. The molecular weight excluding hydrogens is 1150 g/mol. The van der Waals surface area contributed by atoms with Crippen LogP contribution in [-0.4, -0.2) is 303 Å². The Labute approximate surface area is 461 Å². The van der Waals surface area contributed by atoms with Crippen LogP contribution in [-0.2, 0) is 90.9 Å². The second-order valence-electron chi connectivity index (χ2n) is 20.1. The Morgan fingerprint density at radius 2 is 0.951 bits per heavy atom. The number of carbonyl (C=O) groups is 2. The van der Waals surface area contributed by atoms with Gasteiger partial charge in [-0.1, -0.05) is 0 Å². The Hall–Kier alpha value is -3.24. The van der Waals surface area contributed by atoms with Gasteiger partial charge in [-0.2, -0.15) is 16.8 Å². The maximum Gasteiger partial charge on any atom is 0.397 e. The van der Waals surface area contributed by atoms with Crippen molar-refractivity contribution in [3.05, 3.63) is 23.4 Å². The van der Waals surface area contributed by atoms with Crippen molar-refractivity contribution in [3.63, 3.8) is 0 Å². The van der Waals surface area contributed by atoms with Crippen LogP contribution in [0.5, 0.6) is 0 Å². The molecule has 6 heterocycles. The Bertz CT molecular complexity index is 2380. The molecule has 0 spiro atoms. The Balaban J connectivity index is 1.19. The summed E-state index contributed by atoms with van der Waals surface area (Å²) in [5.41, 5.74) is 0. The molecule has 0 aromatic rings. The molecule has 26 atom stereocenters. The molecule has 0 radical (unpaired) electrons. The van der Waals surface area contributed by atoms with Crippen LogP contribution in [0.1, 0.15) is 20.8 Å². The number of aliphatic carboxylic acids is 2. The number of aliphatic hydroxyl groups is 12. The first-order valence-corrected chi connectivity index (χ1v) is 27.8. The molecule has 35 nitrogen and oxygen atoms in total. The standard InChI is InChI=1S/C44H70O35S2/c1-14-17(19(30(50)23(5-45)72-14)7-67-11-26-33(53)37(78-80(61,62)63)28(48)15(2)73-26)9-70-44-36(56)35(55)39(40(77-44)42(59)60)69-13-25-18(10-71-43-32(52)21(47)4-22(76-43)41(57)58)20(31(51)24(6-46)75-25)8-68-12-27-34(54)38(79-81(64,65)66)29(49)16(3)74-27/h4,14-21,23-38,43-56H,5-13H2,1-3H3,(H,57,58)(H,59,60)(H,61,62,63)(H,64,65,66)/t14?,15?,16?,17?,18?,19?,20?,21?,23?,24?,25-,26-,27-,28-,29-,30+,31+,32?,33?,34?,35?,36?,37?,38?,43+,44+/m0/s1. The minimum atomic E-state index is -5.22. The van der Waals surface area contributed by atoms with Crippen molar-refractivity contribution in [2.45, 2.75) is 155 Å². The largest absolute Gasteiger partial charge is 0.488 e. The van der Waals surface area contributed by atoms with Crippen LogP contribution in [0.2, 0.25) is 0 Å². The van der Waals surface area contributed by atoms with Gasteiger partial charge >= 0.3 is 32.7 Å². The highest BCUT2D eigenvalue weighted by atomic mass is 32.3. The van der Waals surface area contributed by atoms with E-state index in [1.54, 1.807) is 0 Å². The van der Waals surface area contributed by atoms with Gasteiger partial charge in [0, 0.05) is 23.7 Å². The van der Waals surface area contributed by atoms with Crippen LogP contribution in [0.15, 0.2) is 23.4 Å². The second kappa shape index (κ2) is 28.3. The quantitative estimate of drug-likeness (QED) is 0.0378. The molecule has 0 amide bonds. The molecule has 0 aliphatic carbocycles. The van der Waals surface area contributed by atoms with E-state index in [-0.39, 0.29) is 0 Å². The molecule has 4 fully saturated rings. The Morgan fingerprint density at radius 1 is 0.494 bits per heavy atom. The maximum atomic E-state index is 12.8. The lowest BCUT2D eigenvalue weighted by atomic mass is 9.79. The van der Waals surface area contributed by atoms with Crippen LogP contribution in [0.25, 0.3) is 0 Å². The van der Waals surface area contributed by atoms with Gasteiger partial charge in [0.05, 0.1) is 89.5 Å². The predicted octanol–water partition coefficient (Wildman–Crippen LogP) is -8.39. The van der Waals surface area contributed by atoms with Gasteiger partial charge in [0.25, 0.3) is 0 Å². The topological polar surface area (TPSA) is 546 Å². The van der Waals surface area contributed by atoms with E-state index in [2.05, 4.69) is 8.37 Å². The van der Waals surface area contributed by atoms with Crippen molar-refractivity contribution in [2.75, 3.05) is 59.5 Å². The van der Waals surface area contributed by atoms with Gasteiger partial charge in [-0.05, 0) is 26.8 Å². The summed E-state index contributed by atoms with van der Waals surface area (Å²) in [5.74, 6) is -11.2. The van der Waals surface area contributed by atoms with Gasteiger partial charge in [-0.25, -0.2) is 18.0 Å². The Morgan fingerprint density at radius 3 is 1.42 bits per heavy atom. The minimum absolute atomic E-state index is 0.424. The predicted molar refractivity (Wildman–Crippen MR) is 252 cm³/mol. The van der Waals surface area contributed by atoms with Crippen molar-refractivity contribution >= 4 is 32.7 Å². The molecule has 6 aliphatic rings. The first-order valence-electron chi connectivity index (χ1n) is 25.1. The fraction of sp³-hybridized carbons (Fsp3) is 0.864. The smallest absolute Gasteiger partial charge is 0.397 e. The van der Waals surface area contributed by atoms with E-state index in [0.717, 1.165) is 0 Å². The monoisotopic (exact) mass is 1220 g/mol.